The first kappa shape index (κ1) is 37.6. The van der Waals surface area contributed by atoms with E-state index in [4.69, 9.17) is 79.8 Å². The van der Waals surface area contributed by atoms with E-state index in [-0.39, 0.29) is 34.8 Å². The molecule has 0 saturated carbocycles. The predicted octanol–water partition coefficient (Wildman–Crippen LogP) is 1.79. The van der Waals surface area contributed by atoms with Gasteiger partial charge in [0.05, 0.1) is 94.5 Å². The van der Waals surface area contributed by atoms with Gasteiger partial charge in [0.15, 0.2) is 6.19 Å². The first-order valence-corrected chi connectivity index (χ1v) is 14.6. The molecule has 18 heteroatoms. The summed E-state index contributed by atoms with van der Waals surface area (Å²) in [5, 5.41) is 7.61. The van der Waals surface area contributed by atoms with Gasteiger partial charge in [-0.2, -0.15) is 5.26 Å². The summed E-state index contributed by atoms with van der Waals surface area (Å²) in [5.41, 5.74) is -0.904. The van der Waals surface area contributed by atoms with E-state index in [0.717, 1.165) is 0 Å². The number of amides is 2. The third-order valence-corrected chi connectivity index (χ3v) is 8.10. The van der Waals surface area contributed by atoms with Gasteiger partial charge in [0, 0.05) is 36.2 Å². The van der Waals surface area contributed by atoms with Crippen molar-refractivity contribution >= 4 is 99.1 Å². The maximum Gasteiger partial charge on any atom is 0.255 e. The molecule has 1 heterocycles. The number of carbonyl (C=O) groups excluding carboxylic acids is 2. The third kappa shape index (κ3) is 6.69. The number of ether oxygens (including phenoxy) is 1. The van der Waals surface area contributed by atoms with Crippen molar-refractivity contribution in [2.75, 3.05) is 25.6 Å². The molecule has 0 fully saturated rings. The monoisotopic (exact) mass is 632 g/mol. The second kappa shape index (κ2) is 13.6. The standard InChI is InChI=1S/C31H22B9FN4O4/c1-4-45(14-42)21-13-23-19(24(27(47)43-2)25(49-23)15-5-8-17(41)9-6-15)12-18(21)16-7-10-22(48-3)20(11-16)26(46)44-28(29(32,33)34,30(35,36)37)31(38,39)40/h5-13H,4H2,1-3H3,(H,43,47)(H,44,46). The Kier molecular flexibility index (Phi) is 10.4. The zero-order valence-corrected chi connectivity index (χ0v) is 27.0. The van der Waals surface area contributed by atoms with Crippen LogP contribution in [-0.4, -0.2) is 109 Å². The van der Waals surface area contributed by atoms with Crippen LogP contribution in [0, 0.1) is 17.3 Å². The van der Waals surface area contributed by atoms with Crippen LogP contribution in [0.5, 0.6) is 5.75 Å². The maximum absolute atomic E-state index is 14.0. The molecular weight excluding hydrogens is 609 g/mol. The third-order valence-electron chi connectivity index (χ3n) is 8.10. The van der Waals surface area contributed by atoms with Crippen LogP contribution in [0.1, 0.15) is 27.6 Å². The molecule has 4 rings (SSSR count). The van der Waals surface area contributed by atoms with Crippen LogP contribution < -0.4 is 20.3 Å². The molecule has 8 nitrogen and oxygen atoms in total. The highest BCUT2D eigenvalue weighted by Crippen LogP contribution is 2.53. The zero-order valence-electron chi connectivity index (χ0n) is 27.0. The predicted molar refractivity (Wildman–Crippen MR) is 196 cm³/mol. The van der Waals surface area contributed by atoms with Crippen LogP contribution in [0.2, 0.25) is 15.3 Å². The van der Waals surface area contributed by atoms with Crippen molar-refractivity contribution in [2.24, 2.45) is 0 Å². The highest BCUT2D eigenvalue weighted by molar-refractivity contribution is 6.71. The van der Waals surface area contributed by atoms with Crippen LogP contribution in [0.4, 0.5) is 10.1 Å². The SMILES string of the molecule is [B]C([B])([B])C(NC(=O)c1cc(-c2cc3c(C(=O)NC)c(-c4ccc(F)cc4)oc3cc2N(C#N)CC)ccc1OC)(C([B])([B])[B])C([B])([B])[B]. The molecule has 3 aromatic carbocycles. The Hall–Kier alpha value is -4.26. The van der Waals surface area contributed by atoms with Crippen molar-refractivity contribution in [1.82, 2.24) is 10.6 Å². The summed E-state index contributed by atoms with van der Waals surface area (Å²) in [6, 6.07) is 13.1. The minimum atomic E-state index is -2.66. The minimum absolute atomic E-state index is 0.0309. The summed E-state index contributed by atoms with van der Waals surface area (Å²) >= 11 is 0. The van der Waals surface area contributed by atoms with E-state index in [1.54, 1.807) is 25.1 Å². The number of rotatable bonds is 11. The van der Waals surface area contributed by atoms with Crippen LogP contribution in [-0.2, 0) is 0 Å². The molecule has 18 radical (unpaired) electrons. The van der Waals surface area contributed by atoms with Gasteiger partial charge in [-0.3, -0.25) is 14.5 Å². The van der Waals surface area contributed by atoms with Gasteiger partial charge < -0.3 is 19.8 Å². The molecular formula is C31H22B9FN4O4. The molecule has 49 heavy (non-hydrogen) atoms. The van der Waals surface area contributed by atoms with Gasteiger partial charge in [0.1, 0.15) is 22.9 Å². The number of methoxy groups -OCH3 is 1. The van der Waals surface area contributed by atoms with Gasteiger partial charge in [-0.05, 0) is 60.5 Å². The number of benzene rings is 3. The number of hydrogen-bond acceptors (Lipinski definition) is 6. The Labute approximate surface area is 296 Å². The Morgan fingerprint density at radius 2 is 1.47 bits per heavy atom. The number of nitriles is 1. The first-order chi connectivity index (χ1) is 22.8. The second-order valence-electron chi connectivity index (χ2n) is 11.5. The topological polar surface area (TPSA) is 108 Å². The fourth-order valence-electron chi connectivity index (χ4n) is 5.78. The fraction of sp³-hybridized carbons (Fsp3) is 0.258. The van der Waals surface area contributed by atoms with Gasteiger partial charge in [0.2, 0.25) is 0 Å². The summed E-state index contributed by atoms with van der Waals surface area (Å²) in [7, 11) is 56.5. The fourth-order valence-corrected chi connectivity index (χ4v) is 5.78. The van der Waals surface area contributed by atoms with Crippen LogP contribution in [0.15, 0.2) is 59.0 Å². The van der Waals surface area contributed by atoms with Crippen molar-refractivity contribution < 1.29 is 23.1 Å². The van der Waals surface area contributed by atoms with Crippen LogP contribution in [0.3, 0.4) is 0 Å². The van der Waals surface area contributed by atoms with Crippen LogP contribution in [0.25, 0.3) is 33.4 Å². The van der Waals surface area contributed by atoms with Crippen LogP contribution >= 0.6 is 0 Å². The summed E-state index contributed by atoms with van der Waals surface area (Å²) in [6.45, 7) is 1.99. The Morgan fingerprint density at radius 3 is 1.96 bits per heavy atom. The van der Waals surface area contributed by atoms with Gasteiger partial charge in [-0.15, -0.1) is 15.3 Å². The van der Waals surface area contributed by atoms with E-state index >= 15 is 0 Å². The molecule has 0 aliphatic heterocycles. The lowest BCUT2D eigenvalue weighted by Crippen LogP contribution is -2.71. The number of furan rings is 1. The van der Waals surface area contributed by atoms with E-state index in [0.29, 0.717) is 27.8 Å². The van der Waals surface area contributed by atoms with E-state index in [1.165, 1.54) is 55.5 Å². The normalized spacial score (nSPS) is 12.2. The molecule has 0 unspecified atom stereocenters. The molecule has 1 aromatic heterocycles. The molecule has 0 saturated heterocycles. The van der Waals surface area contributed by atoms with E-state index in [2.05, 4.69) is 16.8 Å². The Balaban J connectivity index is 2.02. The van der Waals surface area contributed by atoms with Gasteiger partial charge in [-0.25, -0.2) is 4.39 Å². The molecule has 0 aliphatic rings. The van der Waals surface area contributed by atoms with Crippen molar-refractivity contribution in [3.8, 4) is 34.4 Å². The summed E-state index contributed by atoms with van der Waals surface area (Å²) in [6.07, 6.45) is 2.12. The van der Waals surface area contributed by atoms with Crippen molar-refractivity contribution in [3.63, 3.8) is 0 Å². The number of nitrogens with one attached hydrogen (secondary N) is 2. The lowest BCUT2D eigenvalue weighted by Gasteiger charge is -2.65. The van der Waals surface area contributed by atoms with Gasteiger partial charge in [-0.1, -0.05) is 6.07 Å². The minimum Gasteiger partial charge on any atom is -0.496 e. The average molecular weight is 631 g/mol. The first-order valence-electron chi connectivity index (χ1n) is 14.6. The lowest BCUT2D eigenvalue weighted by molar-refractivity contribution is 0.0892. The zero-order chi connectivity index (χ0) is 36.7. The average Bonchev–Trinajstić information content (AvgIpc) is 3.40. The van der Waals surface area contributed by atoms with E-state index in [9.17, 15) is 19.2 Å². The molecule has 2 N–H and O–H groups in total. The largest absolute Gasteiger partial charge is 0.496 e. The molecule has 0 bridgehead atoms. The Morgan fingerprint density at radius 1 is 0.898 bits per heavy atom. The summed E-state index contributed by atoms with van der Waals surface area (Å²) in [4.78, 5) is 28.7. The van der Waals surface area contributed by atoms with Crippen molar-refractivity contribution in [1.29, 1.82) is 5.26 Å². The maximum atomic E-state index is 14.0. The molecule has 0 aliphatic carbocycles. The lowest BCUT2D eigenvalue weighted by atomic mass is 9.12. The molecule has 4 aromatic rings. The van der Waals surface area contributed by atoms with E-state index < -0.39 is 38.5 Å². The number of halogens is 1. The molecule has 224 valence electrons. The van der Waals surface area contributed by atoms with E-state index in [1.807, 2.05) is 0 Å². The van der Waals surface area contributed by atoms with Gasteiger partial charge in [0.25, 0.3) is 11.8 Å². The molecule has 0 atom stereocenters. The number of fused-ring (bicyclic) bond motifs is 1. The highest BCUT2D eigenvalue weighted by atomic mass is 19.1. The van der Waals surface area contributed by atoms with Gasteiger partial charge >= 0.3 is 0 Å². The Bertz CT molecular complexity index is 1910. The quantitative estimate of drug-likeness (QED) is 0.149. The highest BCUT2D eigenvalue weighted by Gasteiger charge is 2.54. The summed E-state index contributed by atoms with van der Waals surface area (Å²) < 4.78 is 25.4. The molecule has 0 spiro atoms. The number of nitrogens with zero attached hydrogens (tertiary/aromatic N) is 2. The number of carbonyl (C=O) groups is 2. The number of anilines is 1. The van der Waals surface area contributed by atoms with Crippen molar-refractivity contribution in [3.05, 3.63) is 71.5 Å². The smallest absolute Gasteiger partial charge is 0.255 e. The number of hydrogen-bond donors (Lipinski definition) is 2. The second-order valence-corrected chi connectivity index (χ2v) is 11.5. The molecule has 2 amide bonds. The summed E-state index contributed by atoms with van der Waals surface area (Å²) in [5.74, 6) is -1.78. The van der Waals surface area contributed by atoms with Crippen molar-refractivity contribution in [2.45, 2.75) is 27.8 Å².